The highest BCUT2D eigenvalue weighted by molar-refractivity contribution is 7.89. The maximum Gasteiger partial charge on any atom is 0.212 e. The van der Waals surface area contributed by atoms with Gasteiger partial charge in [-0.3, -0.25) is 0 Å². The van der Waals surface area contributed by atoms with E-state index in [2.05, 4.69) is 9.71 Å². The summed E-state index contributed by atoms with van der Waals surface area (Å²) in [6.45, 7) is 2.20. The van der Waals surface area contributed by atoms with Crippen molar-refractivity contribution in [2.75, 3.05) is 5.75 Å². The molecule has 2 rings (SSSR count). The molecular formula is C21H30N4O5S. The van der Waals surface area contributed by atoms with Crippen LogP contribution in [0.15, 0.2) is 53.5 Å². The number of rotatable bonds is 12. The highest BCUT2D eigenvalue weighted by atomic mass is 32.2. The third-order valence-corrected chi connectivity index (χ3v) is 5.90. The zero-order valence-electron chi connectivity index (χ0n) is 17.4. The van der Waals surface area contributed by atoms with Gasteiger partial charge in [-0.15, -0.1) is 0 Å². The molecule has 10 heteroatoms. The molecule has 0 spiro atoms. The van der Waals surface area contributed by atoms with Crippen molar-refractivity contribution in [2.45, 2.75) is 45.1 Å². The number of hydrogen-bond donors (Lipinski definition) is 5. The number of nitrogens with one attached hydrogen (secondary N) is 1. The summed E-state index contributed by atoms with van der Waals surface area (Å²) in [4.78, 5) is 4.00. The fourth-order valence-electron chi connectivity index (χ4n) is 2.84. The quantitative estimate of drug-likeness (QED) is 0.184. The van der Waals surface area contributed by atoms with E-state index in [0.29, 0.717) is 24.5 Å². The summed E-state index contributed by atoms with van der Waals surface area (Å²) in [6, 6.07) is 13.2. The van der Waals surface area contributed by atoms with Gasteiger partial charge in [0.05, 0.1) is 17.5 Å². The van der Waals surface area contributed by atoms with E-state index >= 15 is 0 Å². The third-order valence-electron chi connectivity index (χ3n) is 4.41. The van der Waals surface area contributed by atoms with Crippen LogP contribution >= 0.6 is 0 Å². The van der Waals surface area contributed by atoms with Crippen LogP contribution in [0.25, 0.3) is 0 Å². The first kappa shape index (κ1) is 24.6. The molecule has 2 aromatic rings. The van der Waals surface area contributed by atoms with Crippen molar-refractivity contribution in [3.63, 3.8) is 0 Å². The molecular weight excluding hydrogens is 420 g/mol. The van der Waals surface area contributed by atoms with Gasteiger partial charge in [0.15, 0.2) is 12.2 Å². The Kier molecular flexibility index (Phi) is 9.25. The lowest BCUT2D eigenvalue weighted by Gasteiger charge is -2.20. The molecule has 31 heavy (non-hydrogen) atoms. The second-order valence-corrected chi connectivity index (χ2v) is 9.03. The Morgan fingerprint density at radius 2 is 1.84 bits per heavy atom. The summed E-state index contributed by atoms with van der Waals surface area (Å²) in [7, 11) is -3.59. The summed E-state index contributed by atoms with van der Waals surface area (Å²) in [5.41, 5.74) is 13.0. The number of guanidine groups is 1. The van der Waals surface area contributed by atoms with Crippen LogP contribution in [0, 0.1) is 0 Å². The van der Waals surface area contributed by atoms with Crippen molar-refractivity contribution in [1.29, 1.82) is 0 Å². The normalized spacial score (nSPS) is 12.5. The third kappa shape index (κ3) is 8.93. The maximum absolute atomic E-state index is 12.1. The monoisotopic (exact) mass is 450 g/mol. The second kappa shape index (κ2) is 11.7. The number of benzene rings is 2. The Labute approximate surface area is 182 Å². The SMILES string of the molecule is CCCCS(=O)(=O)NC(Cc1ccc(OCc2cccc(N=C(N)N)c2)cc1)C(O)O. The molecule has 9 nitrogen and oxygen atoms in total. The van der Waals surface area contributed by atoms with Crippen molar-refractivity contribution in [3.05, 3.63) is 59.7 Å². The number of hydrogen-bond acceptors (Lipinski definition) is 6. The predicted molar refractivity (Wildman–Crippen MR) is 120 cm³/mol. The van der Waals surface area contributed by atoms with Crippen molar-refractivity contribution in [1.82, 2.24) is 4.72 Å². The smallest absolute Gasteiger partial charge is 0.212 e. The van der Waals surface area contributed by atoms with Crippen LogP contribution in [0.4, 0.5) is 5.69 Å². The number of aliphatic hydroxyl groups is 2. The zero-order valence-corrected chi connectivity index (χ0v) is 18.3. The Balaban J connectivity index is 1.97. The maximum atomic E-state index is 12.1. The number of unbranched alkanes of at least 4 members (excludes halogenated alkanes) is 1. The van der Waals surface area contributed by atoms with Crippen LogP contribution in [0.2, 0.25) is 0 Å². The first-order chi connectivity index (χ1) is 14.7. The van der Waals surface area contributed by atoms with Crippen LogP contribution in [0.1, 0.15) is 30.9 Å². The lowest BCUT2D eigenvalue weighted by atomic mass is 10.1. The zero-order chi connectivity index (χ0) is 22.9. The summed E-state index contributed by atoms with van der Waals surface area (Å²) >= 11 is 0. The van der Waals surface area contributed by atoms with Crippen molar-refractivity contribution >= 4 is 21.7 Å². The highest BCUT2D eigenvalue weighted by Gasteiger charge is 2.23. The second-order valence-electron chi connectivity index (χ2n) is 7.15. The molecule has 0 aromatic heterocycles. The number of aliphatic imine (C=N–C) groups is 1. The topological polar surface area (TPSA) is 160 Å². The fourth-order valence-corrected chi connectivity index (χ4v) is 4.29. The van der Waals surface area contributed by atoms with Crippen molar-refractivity contribution in [2.24, 2.45) is 16.5 Å². The van der Waals surface area contributed by atoms with Gasteiger partial charge in [0.25, 0.3) is 0 Å². The van der Waals surface area contributed by atoms with Crippen LogP contribution < -0.4 is 20.9 Å². The Hall–Kier alpha value is -2.66. The Bertz CT molecular complexity index is 958. The van der Waals surface area contributed by atoms with Gasteiger partial charge in [-0.25, -0.2) is 18.1 Å². The molecule has 0 heterocycles. The average Bonchev–Trinajstić information content (AvgIpc) is 2.71. The molecule has 0 bridgehead atoms. The van der Waals surface area contributed by atoms with Crippen molar-refractivity contribution < 1.29 is 23.4 Å². The molecule has 0 saturated heterocycles. The number of nitrogens with two attached hydrogens (primary N) is 2. The molecule has 0 amide bonds. The summed E-state index contributed by atoms with van der Waals surface area (Å²) in [6.07, 6.45) is -0.452. The molecule has 0 radical (unpaired) electrons. The minimum Gasteiger partial charge on any atom is -0.489 e. The van der Waals surface area contributed by atoms with E-state index in [4.69, 9.17) is 16.2 Å². The lowest BCUT2D eigenvalue weighted by Crippen LogP contribution is -2.45. The van der Waals surface area contributed by atoms with Gasteiger partial charge in [-0.05, 0) is 48.2 Å². The number of ether oxygens (including phenoxy) is 1. The minimum absolute atomic E-state index is 0.0207. The van der Waals surface area contributed by atoms with Gasteiger partial charge in [-0.1, -0.05) is 37.6 Å². The van der Waals surface area contributed by atoms with Crippen LogP contribution in [-0.4, -0.2) is 42.7 Å². The predicted octanol–water partition coefficient (Wildman–Crippen LogP) is 1.11. The molecule has 0 aliphatic carbocycles. The van der Waals surface area contributed by atoms with Crippen molar-refractivity contribution in [3.8, 4) is 5.75 Å². The summed E-state index contributed by atoms with van der Waals surface area (Å²) in [5, 5.41) is 19.2. The molecule has 0 fully saturated rings. The number of aliphatic hydroxyl groups excluding tert-OH is 1. The van der Waals surface area contributed by atoms with E-state index in [9.17, 15) is 18.6 Å². The minimum atomic E-state index is -3.59. The molecule has 7 N–H and O–H groups in total. The van der Waals surface area contributed by atoms with E-state index < -0.39 is 22.4 Å². The Morgan fingerprint density at radius 3 is 2.45 bits per heavy atom. The van der Waals surface area contributed by atoms with Crippen LogP contribution in [-0.2, 0) is 23.1 Å². The molecule has 1 unspecified atom stereocenters. The van der Waals surface area contributed by atoms with Gasteiger partial charge in [0, 0.05) is 0 Å². The largest absolute Gasteiger partial charge is 0.489 e. The fraction of sp³-hybridized carbons (Fsp3) is 0.381. The average molecular weight is 451 g/mol. The van der Waals surface area contributed by atoms with E-state index in [-0.39, 0.29) is 18.1 Å². The van der Waals surface area contributed by atoms with Gasteiger partial charge in [0.1, 0.15) is 12.4 Å². The first-order valence-electron chi connectivity index (χ1n) is 9.95. The molecule has 170 valence electrons. The van der Waals surface area contributed by atoms with Gasteiger partial charge < -0.3 is 26.4 Å². The lowest BCUT2D eigenvalue weighted by molar-refractivity contribution is -0.0616. The van der Waals surface area contributed by atoms with E-state index in [0.717, 1.165) is 17.5 Å². The van der Waals surface area contributed by atoms with Gasteiger partial charge >= 0.3 is 0 Å². The standard InChI is InChI=1S/C21H30N4O5S/c1-2-3-11-31(28,29)25-19(20(26)27)13-15-7-9-18(10-8-15)30-14-16-5-4-6-17(12-16)24-21(22)23/h4-10,12,19-20,25-27H,2-3,11,13-14H2,1H3,(H4,22,23,24). The number of sulfonamides is 1. The molecule has 0 saturated carbocycles. The number of nitrogens with zero attached hydrogens (tertiary/aromatic N) is 1. The summed E-state index contributed by atoms with van der Waals surface area (Å²) in [5.74, 6) is 0.539. The highest BCUT2D eigenvalue weighted by Crippen LogP contribution is 2.18. The van der Waals surface area contributed by atoms with Crippen LogP contribution in [0.3, 0.4) is 0 Å². The van der Waals surface area contributed by atoms with E-state index in [1.54, 1.807) is 30.3 Å². The van der Waals surface area contributed by atoms with Gasteiger partial charge in [0.2, 0.25) is 10.0 Å². The summed E-state index contributed by atoms with van der Waals surface area (Å²) < 4.78 is 32.3. The molecule has 2 aromatic carbocycles. The Morgan fingerprint density at radius 1 is 1.13 bits per heavy atom. The molecule has 1 atom stereocenters. The molecule has 0 aliphatic heterocycles. The van der Waals surface area contributed by atoms with Gasteiger partial charge in [-0.2, -0.15) is 0 Å². The first-order valence-corrected chi connectivity index (χ1v) is 11.6. The van der Waals surface area contributed by atoms with Crippen LogP contribution in [0.5, 0.6) is 5.75 Å². The van der Waals surface area contributed by atoms with E-state index in [1.807, 2.05) is 25.1 Å². The molecule has 0 aliphatic rings. The van der Waals surface area contributed by atoms with E-state index in [1.165, 1.54) is 0 Å².